The molecule has 0 radical (unpaired) electrons. The second kappa shape index (κ2) is 6.67. The molecule has 7 nitrogen and oxygen atoms in total. The smallest absolute Gasteiger partial charge is 0.408 e. The van der Waals surface area contributed by atoms with Gasteiger partial charge in [-0.05, 0) is 17.7 Å². The van der Waals surface area contributed by atoms with Crippen LogP contribution in [-0.2, 0) is 0 Å². The Morgan fingerprint density at radius 2 is 1.95 bits per heavy atom. The van der Waals surface area contributed by atoms with Gasteiger partial charge in [0.25, 0.3) is 0 Å². The molecule has 2 aromatic rings. The number of oxazole rings is 1. The van der Waals surface area contributed by atoms with Crippen molar-refractivity contribution in [2.75, 3.05) is 32.8 Å². The molecule has 0 amide bonds. The van der Waals surface area contributed by atoms with Gasteiger partial charge in [-0.25, -0.2) is 4.79 Å². The fourth-order valence-corrected chi connectivity index (χ4v) is 2.10. The third-order valence-corrected chi connectivity index (χ3v) is 3.09. The van der Waals surface area contributed by atoms with E-state index in [-0.39, 0.29) is 19.8 Å². The van der Waals surface area contributed by atoms with Crippen molar-refractivity contribution >= 4 is 11.1 Å². The fourth-order valence-electron chi connectivity index (χ4n) is 2.10. The summed E-state index contributed by atoms with van der Waals surface area (Å²) in [6.45, 7) is 0.941. The van der Waals surface area contributed by atoms with Crippen LogP contribution in [0.4, 0.5) is 0 Å². The minimum absolute atomic E-state index is 0.0432. The lowest BCUT2D eigenvalue weighted by Gasteiger charge is -2.23. The Labute approximate surface area is 115 Å². The van der Waals surface area contributed by atoms with Crippen LogP contribution in [0.25, 0.3) is 11.1 Å². The Morgan fingerprint density at radius 1 is 1.25 bits per heavy atom. The molecule has 0 aliphatic carbocycles. The first kappa shape index (κ1) is 14.7. The number of aromatic nitrogens is 1. The van der Waals surface area contributed by atoms with Crippen LogP contribution in [0.3, 0.4) is 0 Å². The van der Waals surface area contributed by atoms with Crippen LogP contribution in [-0.4, -0.2) is 58.1 Å². The van der Waals surface area contributed by atoms with E-state index in [1.54, 1.807) is 23.1 Å². The first-order chi connectivity index (χ1) is 9.63. The molecule has 0 aliphatic rings. The number of aliphatic hydroxyl groups is 3. The van der Waals surface area contributed by atoms with Gasteiger partial charge in [0.15, 0.2) is 5.58 Å². The van der Waals surface area contributed by atoms with Gasteiger partial charge >= 0.3 is 5.76 Å². The predicted octanol–water partition coefficient (Wildman–Crippen LogP) is -0.559. The molecule has 1 aromatic carbocycles. The number of aliphatic hydroxyl groups excluding tert-OH is 3. The molecule has 0 saturated heterocycles. The summed E-state index contributed by atoms with van der Waals surface area (Å²) in [5, 5.41) is 28.0. The average molecular weight is 282 g/mol. The van der Waals surface area contributed by atoms with Crippen molar-refractivity contribution in [2.45, 2.75) is 6.10 Å². The van der Waals surface area contributed by atoms with Crippen LogP contribution in [0.1, 0.15) is 11.7 Å². The van der Waals surface area contributed by atoms with Crippen molar-refractivity contribution in [2.24, 2.45) is 0 Å². The van der Waals surface area contributed by atoms with Gasteiger partial charge in [-0.3, -0.25) is 9.88 Å². The standard InChI is InChI=1S/C13H18N2O5/c16-5-3-15(4-6-17)8-11(18)9-1-2-10-12(7-9)20-13(19)14-10/h1-2,7,11,16-18H,3-6,8H2,(H,14,19). The van der Waals surface area contributed by atoms with Crippen molar-refractivity contribution in [1.82, 2.24) is 9.88 Å². The summed E-state index contributed by atoms with van der Waals surface area (Å²) in [6, 6.07) is 4.98. The third-order valence-electron chi connectivity index (χ3n) is 3.09. The number of rotatable bonds is 7. The molecule has 0 saturated carbocycles. The SMILES string of the molecule is O=c1[nH]c2ccc(C(O)CN(CCO)CCO)cc2o1. The fraction of sp³-hybridized carbons (Fsp3) is 0.462. The number of hydrogen-bond acceptors (Lipinski definition) is 6. The van der Waals surface area contributed by atoms with Crippen LogP contribution in [0, 0.1) is 0 Å². The van der Waals surface area contributed by atoms with Crippen LogP contribution >= 0.6 is 0 Å². The van der Waals surface area contributed by atoms with E-state index in [4.69, 9.17) is 14.6 Å². The van der Waals surface area contributed by atoms with Crippen molar-refractivity contribution in [3.63, 3.8) is 0 Å². The maximum Gasteiger partial charge on any atom is 0.417 e. The first-order valence-corrected chi connectivity index (χ1v) is 6.39. The molecular weight excluding hydrogens is 264 g/mol. The lowest BCUT2D eigenvalue weighted by Crippen LogP contribution is -2.33. The van der Waals surface area contributed by atoms with E-state index in [2.05, 4.69) is 4.98 Å². The highest BCUT2D eigenvalue weighted by Gasteiger charge is 2.14. The third kappa shape index (κ3) is 3.45. The van der Waals surface area contributed by atoms with Gasteiger partial charge in [0.05, 0.1) is 24.8 Å². The predicted molar refractivity (Wildman–Crippen MR) is 72.4 cm³/mol. The van der Waals surface area contributed by atoms with Gasteiger partial charge in [0.1, 0.15) is 0 Å². The molecule has 1 unspecified atom stereocenters. The molecule has 1 heterocycles. The van der Waals surface area contributed by atoms with E-state index in [0.29, 0.717) is 29.8 Å². The zero-order chi connectivity index (χ0) is 14.5. The number of aromatic amines is 1. The van der Waals surface area contributed by atoms with Crippen LogP contribution in [0.15, 0.2) is 27.4 Å². The molecular formula is C13H18N2O5. The Morgan fingerprint density at radius 3 is 2.60 bits per heavy atom. The maximum absolute atomic E-state index is 11.1. The largest absolute Gasteiger partial charge is 0.417 e. The Kier molecular flexibility index (Phi) is 4.91. The van der Waals surface area contributed by atoms with Gasteiger partial charge in [0, 0.05) is 19.6 Å². The number of hydrogen-bond donors (Lipinski definition) is 4. The highest BCUT2D eigenvalue weighted by atomic mass is 16.4. The lowest BCUT2D eigenvalue weighted by molar-refractivity contribution is 0.0875. The zero-order valence-corrected chi connectivity index (χ0v) is 11.0. The zero-order valence-electron chi connectivity index (χ0n) is 11.0. The normalized spacial score (nSPS) is 13.2. The van der Waals surface area contributed by atoms with Crippen LogP contribution in [0.2, 0.25) is 0 Å². The number of H-pyrrole nitrogens is 1. The number of benzene rings is 1. The summed E-state index contributed by atoms with van der Waals surface area (Å²) in [4.78, 5) is 15.3. The minimum Gasteiger partial charge on any atom is -0.408 e. The van der Waals surface area contributed by atoms with E-state index < -0.39 is 11.9 Å². The highest BCUT2D eigenvalue weighted by molar-refractivity contribution is 5.72. The van der Waals surface area contributed by atoms with E-state index in [1.165, 1.54) is 0 Å². The van der Waals surface area contributed by atoms with E-state index in [1.807, 2.05) is 0 Å². The van der Waals surface area contributed by atoms with Gasteiger partial charge < -0.3 is 19.7 Å². The molecule has 2 rings (SSSR count). The molecule has 0 aliphatic heterocycles. The summed E-state index contributed by atoms with van der Waals surface area (Å²) >= 11 is 0. The summed E-state index contributed by atoms with van der Waals surface area (Å²) in [7, 11) is 0. The Balaban J connectivity index is 2.12. The van der Waals surface area contributed by atoms with Gasteiger partial charge in [0.2, 0.25) is 0 Å². The lowest BCUT2D eigenvalue weighted by atomic mass is 10.1. The molecule has 1 aromatic heterocycles. The van der Waals surface area contributed by atoms with Gasteiger partial charge in [-0.1, -0.05) is 6.07 Å². The van der Waals surface area contributed by atoms with Crippen molar-refractivity contribution in [3.05, 3.63) is 34.3 Å². The number of nitrogens with one attached hydrogen (secondary N) is 1. The van der Waals surface area contributed by atoms with Gasteiger partial charge in [-0.2, -0.15) is 0 Å². The average Bonchev–Trinajstić information content (AvgIpc) is 2.78. The highest BCUT2D eigenvalue weighted by Crippen LogP contribution is 2.19. The second-order valence-corrected chi connectivity index (χ2v) is 4.53. The summed E-state index contributed by atoms with van der Waals surface area (Å²) in [6.07, 6.45) is -0.794. The molecule has 0 bridgehead atoms. The Bertz CT molecular complexity index is 600. The summed E-state index contributed by atoms with van der Waals surface area (Å²) in [5.41, 5.74) is 1.58. The van der Waals surface area contributed by atoms with Gasteiger partial charge in [-0.15, -0.1) is 0 Å². The maximum atomic E-state index is 11.1. The van der Waals surface area contributed by atoms with Crippen molar-refractivity contribution < 1.29 is 19.7 Å². The number of fused-ring (bicyclic) bond motifs is 1. The van der Waals surface area contributed by atoms with E-state index >= 15 is 0 Å². The first-order valence-electron chi connectivity index (χ1n) is 6.39. The topological polar surface area (TPSA) is 110 Å². The summed E-state index contributed by atoms with van der Waals surface area (Å²) in [5.74, 6) is -0.533. The van der Waals surface area contributed by atoms with Crippen molar-refractivity contribution in [3.8, 4) is 0 Å². The van der Waals surface area contributed by atoms with Crippen molar-refractivity contribution in [1.29, 1.82) is 0 Å². The van der Waals surface area contributed by atoms with E-state index in [0.717, 1.165) is 0 Å². The molecule has 20 heavy (non-hydrogen) atoms. The molecule has 1 atom stereocenters. The second-order valence-electron chi connectivity index (χ2n) is 4.53. The Hall–Kier alpha value is -1.67. The summed E-state index contributed by atoms with van der Waals surface area (Å²) < 4.78 is 4.94. The number of nitrogens with zero attached hydrogens (tertiary/aromatic N) is 1. The van der Waals surface area contributed by atoms with Crippen LogP contribution in [0.5, 0.6) is 0 Å². The molecule has 0 spiro atoms. The quantitative estimate of drug-likeness (QED) is 0.542. The van der Waals surface area contributed by atoms with Crippen LogP contribution < -0.4 is 5.76 Å². The molecule has 0 fully saturated rings. The molecule has 110 valence electrons. The minimum atomic E-state index is -0.794. The molecule has 4 N–H and O–H groups in total. The molecule has 7 heteroatoms. The van der Waals surface area contributed by atoms with E-state index in [9.17, 15) is 9.90 Å². The monoisotopic (exact) mass is 282 g/mol.